The van der Waals surface area contributed by atoms with E-state index in [9.17, 15) is 4.39 Å². The van der Waals surface area contributed by atoms with Gasteiger partial charge in [-0.15, -0.1) is 0 Å². The van der Waals surface area contributed by atoms with Gasteiger partial charge in [0.15, 0.2) is 0 Å². The number of nitrogens with zero attached hydrogens (tertiary/aromatic N) is 2. The number of benzene rings is 1. The van der Waals surface area contributed by atoms with Crippen molar-refractivity contribution in [3.05, 3.63) is 53.1 Å². The molecular weight excluding hydrogens is 229 g/mol. The average molecular weight is 238 g/mol. The maximum Gasteiger partial charge on any atom is 0.222 e. The zero-order chi connectivity index (χ0) is 11.4. The van der Waals surface area contributed by atoms with Crippen molar-refractivity contribution in [2.45, 2.75) is 6.54 Å². The van der Waals surface area contributed by atoms with Crippen LogP contribution in [0.4, 0.5) is 10.3 Å². The second-order valence-corrected chi connectivity index (χ2v) is 3.57. The number of halogens is 2. The maximum atomic E-state index is 12.8. The SMILES string of the molecule is Fc1ccc(CNc2ncccn2)c(Cl)c1. The summed E-state index contributed by atoms with van der Waals surface area (Å²) in [7, 11) is 0. The number of nitrogens with one attached hydrogen (secondary N) is 1. The monoisotopic (exact) mass is 237 g/mol. The van der Waals surface area contributed by atoms with E-state index in [1.807, 2.05) is 0 Å². The highest BCUT2D eigenvalue weighted by Gasteiger charge is 2.02. The van der Waals surface area contributed by atoms with Gasteiger partial charge in [-0.25, -0.2) is 14.4 Å². The van der Waals surface area contributed by atoms with Gasteiger partial charge in [0.05, 0.1) is 0 Å². The molecule has 0 saturated heterocycles. The molecule has 0 saturated carbocycles. The molecule has 0 aliphatic rings. The van der Waals surface area contributed by atoms with Crippen LogP contribution in [0, 0.1) is 5.82 Å². The van der Waals surface area contributed by atoms with Crippen LogP contribution in [0.3, 0.4) is 0 Å². The van der Waals surface area contributed by atoms with Crippen molar-refractivity contribution in [3.8, 4) is 0 Å². The van der Waals surface area contributed by atoms with Crippen LogP contribution in [0.15, 0.2) is 36.7 Å². The largest absolute Gasteiger partial charge is 0.350 e. The summed E-state index contributed by atoms with van der Waals surface area (Å²) in [5.74, 6) is 0.174. The molecule has 1 aromatic carbocycles. The van der Waals surface area contributed by atoms with Gasteiger partial charge >= 0.3 is 0 Å². The quantitative estimate of drug-likeness (QED) is 0.892. The van der Waals surface area contributed by atoms with E-state index in [4.69, 9.17) is 11.6 Å². The van der Waals surface area contributed by atoms with Crippen LogP contribution in [0.1, 0.15) is 5.56 Å². The minimum atomic E-state index is -0.343. The van der Waals surface area contributed by atoms with Crippen molar-refractivity contribution in [2.24, 2.45) is 0 Å². The third-order valence-electron chi connectivity index (χ3n) is 2.02. The molecule has 16 heavy (non-hydrogen) atoms. The Labute approximate surface area is 97.3 Å². The van der Waals surface area contributed by atoms with E-state index in [1.165, 1.54) is 12.1 Å². The Bertz CT molecular complexity index is 476. The highest BCUT2D eigenvalue weighted by molar-refractivity contribution is 6.31. The zero-order valence-corrected chi connectivity index (χ0v) is 9.08. The topological polar surface area (TPSA) is 37.8 Å². The lowest BCUT2D eigenvalue weighted by Gasteiger charge is -2.06. The van der Waals surface area contributed by atoms with Crippen LogP contribution in [-0.4, -0.2) is 9.97 Å². The molecule has 0 fully saturated rings. The van der Waals surface area contributed by atoms with Gasteiger partial charge in [0.2, 0.25) is 5.95 Å². The molecule has 3 nitrogen and oxygen atoms in total. The summed E-state index contributed by atoms with van der Waals surface area (Å²) in [4.78, 5) is 8.00. The summed E-state index contributed by atoms with van der Waals surface area (Å²) in [5.41, 5.74) is 0.801. The zero-order valence-electron chi connectivity index (χ0n) is 8.32. The van der Waals surface area contributed by atoms with Gasteiger partial charge < -0.3 is 5.32 Å². The van der Waals surface area contributed by atoms with Crippen LogP contribution in [0.25, 0.3) is 0 Å². The fourth-order valence-electron chi connectivity index (χ4n) is 1.23. The fraction of sp³-hybridized carbons (Fsp3) is 0.0909. The van der Waals surface area contributed by atoms with Gasteiger partial charge in [0, 0.05) is 24.0 Å². The van der Waals surface area contributed by atoms with Gasteiger partial charge in [-0.05, 0) is 23.8 Å². The molecule has 0 radical (unpaired) electrons. The summed E-state index contributed by atoms with van der Waals surface area (Å²) in [6, 6.07) is 6.02. The number of anilines is 1. The molecule has 2 aromatic rings. The summed E-state index contributed by atoms with van der Waals surface area (Å²) in [5, 5.41) is 3.38. The molecule has 0 bridgehead atoms. The van der Waals surface area contributed by atoms with E-state index in [0.29, 0.717) is 17.5 Å². The second-order valence-electron chi connectivity index (χ2n) is 3.16. The first-order valence-corrected chi connectivity index (χ1v) is 5.08. The van der Waals surface area contributed by atoms with Gasteiger partial charge in [0.1, 0.15) is 5.82 Å². The third kappa shape index (κ3) is 2.67. The van der Waals surface area contributed by atoms with Crippen LogP contribution < -0.4 is 5.32 Å². The minimum Gasteiger partial charge on any atom is -0.350 e. The predicted octanol–water partition coefficient (Wildman–Crippen LogP) is 2.88. The van der Waals surface area contributed by atoms with Gasteiger partial charge in [-0.3, -0.25) is 0 Å². The van der Waals surface area contributed by atoms with Crippen LogP contribution in [0.5, 0.6) is 0 Å². The lowest BCUT2D eigenvalue weighted by Crippen LogP contribution is -2.03. The van der Waals surface area contributed by atoms with Crippen molar-refractivity contribution < 1.29 is 4.39 Å². The van der Waals surface area contributed by atoms with Crippen molar-refractivity contribution in [2.75, 3.05) is 5.32 Å². The number of aromatic nitrogens is 2. The van der Waals surface area contributed by atoms with Crippen molar-refractivity contribution in [3.63, 3.8) is 0 Å². The molecule has 1 N–H and O–H groups in total. The van der Waals surface area contributed by atoms with Crippen molar-refractivity contribution in [1.82, 2.24) is 9.97 Å². The lowest BCUT2D eigenvalue weighted by molar-refractivity contribution is 0.627. The van der Waals surface area contributed by atoms with Crippen molar-refractivity contribution in [1.29, 1.82) is 0 Å². The lowest BCUT2D eigenvalue weighted by atomic mass is 10.2. The van der Waals surface area contributed by atoms with Crippen LogP contribution in [0.2, 0.25) is 5.02 Å². The van der Waals surface area contributed by atoms with Crippen LogP contribution >= 0.6 is 11.6 Å². The van der Waals surface area contributed by atoms with Gasteiger partial charge in [-0.2, -0.15) is 0 Å². The van der Waals surface area contributed by atoms with Gasteiger partial charge in [-0.1, -0.05) is 17.7 Å². The molecule has 0 unspecified atom stereocenters. The Kier molecular flexibility index (Phi) is 3.31. The average Bonchev–Trinajstić information content (AvgIpc) is 2.29. The van der Waals surface area contributed by atoms with E-state index in [2.05, 4.69) is 15.3 Å². The third-order valence-corrected chi connectivity index (χ3v) is 2.37. The molecule has 82 valence electrons. The van der Waals surface area contributed by atoms with Crippen molar-refractivity contribution >= 4 is 17.5 Å². The molecule has 0 spiro atoms. The molecule has 0 aliphatic carbocycles. The molecule has 0 amide bonds. The maximum absolute atomic E-state index is 12.8. The normalized spacial score (nSPS) is 10.1. The molecule has 1 aromatic heterocycles. The predicted molar refractivity (Wildman–Crippen MR) is 60.8 cm³/mol. The molecule has 2 rings (SSSR count). The minimum absolute atomic E-state index is 0.343. The Hall–Kier alpha value is -1.68. The van der Waals surface area contributed by atoms with E-state index in [1.54, 1.807) is 24.5 Å². The Balaban J connectivity index is 2.05. The molecule has 1 heterocycles. The van der Waals surface area contributed by atoms with E-state index < -0.39 is 0 Å². The summed E-state index contributed by atoms with van der Waals surface area (Å²) < 4.78 is 12.8. The van der Waals surface area contributed by atoms with Gasteiger partial charge in [0.25, 0.3) is 0 Å². The number of hydrogen-bond acceptors (Lipinski definition) is 3. The summed E-state index contributed by atoms with van der Waals surface area (Å²) in [6.45, 7) is 0.461. The molecule has 5 heteroatoms. The first-order chi connectivity index (χ1) is 7.75. The van der Waals surface area contributed by atoms with Crippen LogP contribution in [-0.2, 0) is 6.54 Å². The van der Waals surface area contributed by atoms with E-state index in [-0.39, 0.29) is 5.82 Å². The Morgan fingerprint density at radius 2 is 2.00 bits per heavy atom. The second kappa shape index (κ2) is 4.90. The number of hydrogen-bond donors (Lipinski definition) is 1. The summed E-state index contributed by atoms with van der Waals surface area (Å²) in [6.07, 6.45) is 3.28. The molecular formula is C11H9ClFN3. The molecule has 0 aliphatic heterocycles. The highest BCUT2D eigenvalue weighted by atomic mass is 35.5. The smallest absolute Gasteiger partial charge is 0.222 e. The summed E-state index contributed by atoms with van der Waals surface area (Å²) >= 11 is 5.87. The first-order valence-electron chi connectivity index (χ1n) is 4.70. The van der Waals surface area contributed by atoms with E-state index >= 15 is 0 Å². The number of rotatable bonds is 3. The Morgan fingerprint density at radius 1 is 1.25 bits per heavy atom. The molecule has 0 atom stereocenters. The standard InChI is InChI=1S/C11H9ClFN3/c12-10-6-9(13)3-2-8(10)7-16-11-14-4-1-5-15-11/h1-6H,7H2,(H,14,15,16). The fourth-order valence-corrected chi connectivity index (χ4v) is 1.46. The highest BCUT2D eigenvalue weighted by Crippen LogP contribution is 2.17. The van der Waals surface area contributed by atoms with E-state index in [0.717, 1.165) is 5.56 Å². The first kappa shape index (κ1) is 10.8. The Morgan fingerprint density at radius 3 is 2.69 bits per heavy atom.